The molecule has 4 aromatic heterocycles. The number of carbonyl (C=O) groups is 1. The van der Waals surface area contributed by atoms with E-state index in [4.69, 9.17) is 0 Å². The van der Waals surface area contributed by atoms with Crippen LogP contribution in [-0.2, 0) is 0 Å². The molecule has 4 aromatic rings. The Kier molecular flexibility index (Phi) is 3.01. The Morgan fingerprint density at radius 3 is 2.86 bits per heavy atom. The van der Waals surface area contributed by atoms with Crippen LogP contribution in [0.4, 0.5) is 0 Å². The molecule has 4 rings (SSSR count). The van der Waals surface area contributed by atoms with Crippen molar-refractivity contribution < 1.29 is 4.79 Å². The number of ketones is 1. The van der Waals surface area contributed by atoms with E-state index in [1.165, 1.54) is 11.3 Å². The first kappa shape index (κ1) is 12.8. The summed E-state index contributed by atoms with van der Waals surface area (Å²) in [6, 6.07) is 7.48. The molecule has 0 radical (unpaired) electrons. The van der Waals surface area contributed by atoms with Crippen LogP contribution in [0.5, 0.6) is 0 Å². The van der Waals surface area contributed by atoms with Crippen molar-refractivity contribution in [3.8, 4) is 11.3 Å². The fourth-order valence-electron chi connectivity index (χ4n) is 2.33. The Labute approximate surface area is 129 Å². The van der Waals surface area contributed by atoms with Crippen molar-refractivity contribution >= 4 is 22.8 Å². The molecular formula is C16H10N4OS. The molecule has 0 atom stereocenters. The van der Waals surface area contributed by atoms with Gasteiger partial charge < -0.3 is 0 Å². The Morgan fingerprint density at radius 1 is 1.14 bits per heavy atom. The molecule has 106 valence electrons. The monoisotopic (exact) mass is 306 g/mol. The number of hydrogen-bond acceptors (Lipinski definition) is 5. The van der Waals surface area contributed by atoms with Gasteiger partial charge in [0.05, 0.1) is 17.5 Å². The molecule has 0 aliphatic heterocycles. The quantitative estimate of drug-likeness (QED) is 0.546. The molecule has 0 aliphatic rings. The standard InChI is InChI=1S/C16H10N4OS/c21-15(12-4-7-22-10-12)13-9-19-20-14(3-6-18-16(13)20)11-2-1-5-17-8-11/h1-10H. The second-order valence-electron chi connectivity index (χ2n) is 4.71. The smallest absolute Gasteiger partial charge is 0.199 e. The molecule has 0 fully saturated rings. The van der Waals surface area contributed by atoms with Crippen LogP contribution in [0.15, 0.2) is 59.8 Å². The summed E-state index contributed by atoms with van der Waals surface area (Å²) in [5.74, 6) is -0.0629. The number of hydrogen-bond donors (Lipinski definition) is 0. The summed E-state index contributed by atoms with van der Waals surface area (Å²) >= 11 is 1.49. The number of pyridine rings is 1. The molecule has 0 amide bonds. The van der Waals surface area contributed by atoms with Gasteiger partial charge in [-0.05, 0) is 29.6 Å². The summed E-state index contributed by atoms with van der Waals surface area (Å²) < 4.78 is 1.68. The maximum atomic E-state index is 12.5. The summed E-state index contributed by atoms with van der Waals surface area (Å²) in [5.41, 5.74) is 3.49. The summed E-state index contributed by atoms with van der Waals surface area (Å²) in [6.45, 7) is 0. The molecule has 0 aliphatic carbocycles. The van der Waals surface area contributed by atoms with E-state index in [9.17, 15) is 4.79 Å². The van der Waals surface area contributed by atoms with Crippen LogP contribution >= 0.6 is 11.3 Å². The summed E-state index contributed by atoms with van der Waals surface area (Å²) in [6.07, 6.45) is 6.74. The van der Waals surface area contributed by atoms with Gasteiger partial charge in [0.15, 0.2) is 11.4 Å². The van der Waals surface area contributed by atoms with Crippen molar-refractivity contribution in [3.05, 3.63) is 70.9 Å². The lowest BCUT2D eigenvalue weighted by atomic mass is 10.1. The third-order valence-electron chi connectivity index (χ3n) is 3.39. The zero-order valence-corrected chi connectivity index (χ0v) is 12.2. The van der Waals surface area contributed by atoms with Gasteiger partial charge in [0.25, 0.3) is 0 Å². The number of rotatable bonds is 3. The Bertz CT molecular complexity index is 945. The lowest BCUT2D eigenvalue weighted by Gasteiger charge is -2.04. The fourth-order valence-corrected chi connectivity index (χ4v) is 2.97. The maximum absolute atomic E-state index is 12.5. The summed E-state index contributed by atoms with van der Waals surface area (Å²) in [4.78, 5) is 21.0. The van der Waals surface area contributed by atoms with Crippen molar-refractivity contribution in [1.29, 1.82) is 0 Å². The van der Waals surface area contributed by atoms with Crippen molar-refractivity contribution in [2.45, 2.75) is 0 Å². The zero-order chi connectivity index (χ0) is 14.9. The molecule has 6 heteroatoms. The molecule has 5 nitrogen and oxygen atoms in total. The average molecular weight is 306 g/mol. The third kappa shape index (κ3) is 2.01. The molecule has 0 bridgehead atoms. The summed E-state index contributed by atoms with van der Waals surface area (Å²) in [5, 5.41) is 8.05. The third-order valence-corrected chi connectivity index (χ3v) is 4.07. The minimum absolute atomic E-state index is 0.0629. The van der Waals surface area contributed by atoms with Gasteiger partial charge in [-0.2, -0.15) is 16.4 Å². The van der Waals surface area contributed by atoms with Crippen LogP contribution < -0.4 is 0 Å². The van der Waals surface area contributed by atoms with Gasteiger partial charge in [-0.25, -0.2) is 9.50 Å². The molecule has 0 N–H and O–H groups in total. The first-order chi connectivity index (χ1) is 10.8. The molecule has 0 aromatic carbocycles. The first-order valence-electron chi connectivity index (χ1n) is 6.64. The van der Waals surface area contributed by atoms with E-state index < -0.39 is 0 Å². The minimum atomic E-state index is -0.0629. The van der Waals surface area contributed by atoms with Gasteiger partial charge in [-0.15, -0.1) is 0 Å². The maximum Gasteiger partial charge on any atom is 0.199 e. The van der Waals surface area contributed by atoms with Gasteiger partial charge in [0, 0.05) is 35.1 Å². The summed E-state index contributed by atoms with van der Waals surface area (Å²) in [7, 11) is 0. The second-order valence-corrected chi connectivity index (χ2v) is 5.49. The zero-order valence-electron chi connectivity index (χ0n) is 11.4. The molecule has 22 heavy (non-hydrogen) atoms. The SMILES string of the molecule is O=C(c1ccsc1)c1cnn2c(-c3cccnc3)ccnc12. The molecular weight excluding hydrogens is 296 g/mol. The topological polar surface area (TPSA) is 60.2 Å². The van der Waals surface area contributed by atoms with Crippen molar-refractivity contribution in [3.63, 3.8) is 0 Å². The number of nitrogens with zero attached hydrogens (tertiary/aromatic N) is 4. The molecule has 0 saturated heterocycles. The predicted molar refractivity (Wildman–Crippen MR) is 84.0 cm³/mol. The first-order valence-corrected chi connectivity index (χ1v) is 7.59. The second kappa shape index (κ2) is 5.16. The van der Waals surface area contributed by atoms with Gasteiger partial charge in [0.1, 0.15) is 0 Å². The van der Waals surface area contributed by atoms with Crippen molar-refractivity contribution in [1.82, 2.24) is 19.6 Å². The van der Waals surface area contributed by atoms with Gasteiger partial charge in [-0.1, -0.05) is 0 Å². The van der Waals surface area contributed by atoms with Crippen molar-refractivity contribution in [2.75, 3.05) is 0 Å². The van der Waals surface area contributed by atoms with E-state index >= 15 is 0 Å². The number of thiophene rings is 1. The lowest BCUT2D eigenvalue weighted by molar-refractivity contribution is 0.104. The predicted octanol–water partition coefficient (Wildman–Crippen LogP) is 3.08. The molecule has 4 heterocycles. The van der Waals surface area contributed by atoms with Crippen LogP contribution in [0.1, 0.15) is 15.9 Å². The minimum Gasteiger partial charge on any atom is -0.288 e. The van der Waals surface area contributed by atoms with E-state index in [2.05, 4.69) is 15.1 Å². The van der Waals surface area contributed by atoms with Crippen LogP contribution in [-0.4, -0.2) is 25.4 Å². The lowest BCUT2D eigenvalue weighted by Crippen LogP contribution is -2.01. The van der Waals surface area contributed by atoms with Crippen LogP contribution in [0, 0.1) is 0 Å². The van der Waals surface area contributed by atoms with Crippen molar-refractivity contribution in [2.24, 2.45) is 0 Å². The highest BCUT2D eigenvalue weighted by molar-refractivity contribution is 7.08. The highest BCUT2D eigenvalue weighted by Crippen LogP contribution is 2.22. The highest BCUT2D eigenvalue weighted by Gasteiger charge is 2.17. The van der Waals surface area contributed by atoms with E-state index in [0.717, 1.165) is 11.3 Å². The Morgan fingerprint density at radius 2 is 2.09 bits per heavy atom. The number of fused-ring (bicyclic) bond motifs is 1. The Hall–Kier alpha value is -2.86. The van der Waals surface area contributed by atoms with E-state index in [1.807, 2.05) is 35.0 Å². The van der Waals surface area contributed by atoms with Crippen LogP contribution in [0.2, 0.25) is 0 Å². The van der Waals surface area contributed by atoms with Gasteiger partial charge in [-0.3, -0.25) is 9.78 Å². The molecule has 0 spiro atoms. The van der Waals surface area contributed by atoms with Gasteiger partial charge in [0.2, 0.25) is 0 Å². The highest BCUT2D eigenvalue weighted by atomic mass is 32.1. The molecule has 0 saturated carbocycles. The Balaban J connectivity index is 1.89. The fraction of sp³-hybridized carbons (Fsp3) is 0. The van der Waals surface area contributed by atoms with Crippen LogP contribution in [0.25, 0.3) is 16.9 Å². The van der Waals surface area contributed by atoms with E-state index in [1.54, 1.807) is 29.3 Å². The normalized spacial score (nSPS) is 10.9. The van der Waals surface area contributed by atoms with Gasteiger partial charge >= 0.3 is 0 Å². The molecule has 0 unspecified atom stereocenters. The van der Waals surface area contributed by atoms with E-state index in [-0.39, 0.29) is 5.78 Å². The van der Waals surface area contributed by atoms with Crippen LogP contribution in [0.3, 0.4) is 0 Å². The number of aromatic nitrogens is 4. The largest absolute Gasteiger partial charge is 0.288 e. The average Bonchev–Trinajstić information content (AvgIpc) is 3.24. The van der Waals surface area contributed by atoms with E-state index in [0.29, 0.717) is 16.8 Å². The number of carbonyl (C=O) groups excluding carboxylic acids is 1.